The summed E-state index contributed by atoms with van der Waals surface area (Å²) in [6, 6.07) is 5.83. The van der Waals surface area contributed by atoms with Crippen LogP contribution in [0.5, 0.6) is 0 Å². The fraction of sp³-hybridized carbons (Fsp3) is 0.417. The van der Waals surface area contributed by atoms with Crippen molar-refractivity contribution in [2.45, 2.75) is 32.5 Å². The number of hydrogen-bond donors (Lipinski definition) is 1. The van der Waals surface area contributed by atoms with Gasteiger partial charge in [-0.25, -0.2) is 4.79 Å². The molecular formula is C12H15NO5. The first-order chi connectivity index (χ1) is 8.39. The fourth-order valence-corrected chi connectivity index (χ4v) is 1.27. The van der Waals surface area contributed by atoms with E-state index in [1.165, 1.54) is 19.1 Å². The number of carbonyl (C=O) groups is 1. The summed E-state index contributed by atoms with van der Waals surface area (Å²) in [5.41, 5.74) is -0.543. The molecule has 0 fully saturated rings. The number of nitrogens with zero attached hydrogens (tertiary/aromatic N) is 1. The summed E-state index contributed by atoms with van der Waals surface area (Å²) in [6.45, 7) is 3.33. The molecule has 1 atom stereocenters. The number of nitro groups is 1. The minimum Gasteiger partial charge on any atom is -0.479 e. The molecule has 0 aliphatic carbocycles. The highest BCUT2D eigenvalue weighted by molar-refractivity contribution is 5.76. The van der Waals surface area contributed by atoms with Crippen LogP contribution < -0.4 is 0 Å². The van der Waals surface area contributed by atoms with Crippen LogP contribution in [-0.4, -0.2) is 21.6 Å². The summed E-state index contributed by atoms with van der Waals surface area (Å²) in [6.07, 6.45) is 0.343. The van der Waals surface area contributed by atoms with Crippen LogP contribution in [-0.2, 0) is 16.1 Å². The quantitative estimate of drug-likeness (QED) is 0.620. The molecule has 0 aromatic heterocycles. The van der Waals surface area contributed by atoms with Crippen molar-refractivity contribution in [1.82, 2.24) is 0 Å². The second kappa shape index (κ2) is 5.59. The largest absolute Gasteiger partial charge is 0.479 e. The highest BCUT2D eigenvalue weighted by Gasteiger charge is 2.31. The van der Waals surface area contributed by atoms with E-state index in [-0.39, 0.29) is 12.3 Å². The van der Waals surface area contributed by atoms with E-state index in [1.807, 2.05) is 0 Å². The number of hydrogen-bond acceptors (Lipinski definition) is 4. The predicted octanol–water partition coefficient (Wildman–Crippen LogP) is 2.36. The molecule has 0 spiro atoms. The van der Waals surface area contributed by atoms with Crippen molar-refractivity contribution in [2.24, 2.45) is 0 Å². The average molecular weight is 253 g/mol. The van der Waals surface area contributed by atoms with Crippen LogP contribution in [0, 0.1) is 10.1 Å². The first kappa shape index (κ1) is 14.1. The lowest BCUT2D eigenvalue weighted by Gasteiger charge is -2.23. The van der Waals surface area contributed by atoms with E-state index in [4.69, 9.17) is 9.84 Å². The normalized spacial score (nSPS) is 13.9. The number of benzene rings is 1. The summed E-state index contributed by atoms with van der Waals surface area (Å²) in [4.78, 5) is 21.0. The Kier molecular flexibility index (Phi) is 4.38. The number of aliphatic carboxylic acids is 1. The van der Waals surface area contributed by atoms with Crippen LogP contribution in [0.15, 0.2) is 24.3 Å². The number of non-ortho nitro benzene ring substituents is 1. The number of nitro benzene ring substituents is 1. The molecule has 0 bridgehead atoms. The Balaban J connectivity index is 2.69. The van der Waals surface area contributed by atoms with Gasteiger partial charge in [-0.1, -0.05) is 6.92 Å². The molecule has 6 heteroatoms. The molecule has 0 saturated heterocycles. The second-order valence-electron chi connectivity index (χ2n) is 4.10. The third-order valence-electron chi connectivity index (χ3n) is 2.83. The summed E-state index contributed by atoms with van der Waals surface area (Å²) in [7, 11) is 0. The Bertz CT molecular complexity index is 442. The zero-order valence-corrected chi connectivity index (χ0v) is 10.3. The van der Waals surface area contributed by atoms with E-state index >= 15 is 0 Å². The first-order valence-corrected chi connectivity index (χ1v) is 5.49. The van der Waals surface area contributed by atoms with Gasteiger partial charge in [0.05, 0.1) is 11.5 Å². The predicted molar refractivity (Wildman–Crippen MR) is 64.2 cm³/mol. The van der Waals surface area contributed by atoms with Gasteiger partial charge >= 0.3 is 5.97 Å². The smallest absolute Gasteiger partial charge is 0.335 e. The van der Waals surface area contributed by atoms with Gasteiger partial charge in [-0.05, 0) is 31.0 Å². The van der Waals surface area contributed by atoms with Gasteiger partial charge in [0.25, 0.3) is 5.69 Å². The van der Waals surface area contributed by atoms with E-state index in [0.29, 0.717) is 12.0 Å². The monoisotopic (exact) mass is 253 g/mol. The molecule has 1 unspecified atom stereocenters. The van der Waals surface area contributed by atoms with Crippen molar-refractivity contribution in [2.75, 3.05) is 0 Å². The molecule has 0 radical (unpaired) electrons. The molecule has 0 aliphatic rings. The highest BCUT2D eigenvalue weighted by atomic mass is 16.6. The van der Waals surface area contributed by atoms with Crippen molar-refractivity contribution in [1.29, 1.82) is 0 Å². The van der Waals surface area contributed by atoms with E-state index in [9.17, 15) is 14.9 Å². The molecule has 0 amide bonds. The molecule has 0 aliphatic heterocycles. The van der Waals surface area contributed by atoms with Crippen molar-refractivity contribution in [3.63, 3.8) is 0 Å². The number of carboxylic acid groups (broad SMARTS) is 1. The summed E-state index contributed by atoms with van der Waals surface area (Å²) >= 11 is 0. The van der Waals surface area contributed by atoms with Gasteiger partial charge in [0.2, 0.25) is 0 Å². The van der Waals surface area contributed by atoms with E-state index in [0.717, 1.165) is 0 Å². The summed E-state index contributed by atoms with van der Waals surface area (Å²) in [5.74, 6) is -1.02. The van der Waals surface area contributed by atoms with Crippen LogP contribution in [0.25, 0.3) is 0 Å². The third-order valence-corrected chi connectivity index (χ3v) is 2.83. The van der Waals surface area contributed by atoms with Crippen LogP contribution in [0.4, 0.5) is 5.69 Å². The molecule has 1 rings (SSSR count). The molecule has 0 heterocycles. The molecule has 1 aromatic rings. The zero-order valence-electron chi connectivity index (χ0n) is 10.3. The fourth-order valence-electron chi connectivity index (χ4n) is 1.27. The molecule has 0 saturated carbocycles. The number of carboxylic acids is 1. The van der Waals surface area contributed by atoms with Gasteiger partial charge in [0.1, 0.15) is 0 Å². The van der Waals surface area contributed by atoms with Crippen LogP contribution in [0.1, 0.15) is 25.8 Å². The molecule has 1 N–H and O–H groups in total. The lowest BCUT2D eigenvalue weighted by Crippen LogP contribution is -2.37. The topological polar surface area (TPSA) is 89.7 Å². The molecule has 98 valence electrons. The Morgan fingerprint density at radius 3 is 2.39 bits per heavy atom. The Morgan fingerprint density at radius 2 is 2.00 bits per heavy atom. The van der Waals surface area contributed by atoms with Crippen molar-refractivity contribution < 1.29 is 19.6 Å². The number of rotatable bonds is 6. The first-order valence-electron chi connectivity index (χ1n) is 5.49. The van der Waals surface area contributed by atoms with Gasteiger partial charge in [0.15, 0.2) is 5.60 Å². The second-order valence-corrected chi connectivity index (χ2v) is 4.10. The number of ether oxygens (including phenoxy) is 1. The molecule has 1 aromatic carbocycles. The lowest BCUT2D eigenvalue weighted by molar-refractivity contribution is -0.384. The van der Waals surface area contributed by atoms with Crippen molar-refractivity contribution >= 4 is 11.7 Å². The van der Waals surface area contributed by atoms with E-state index in [1.54, 1.807) is 19.1 Å². The van der Waals surface area contributed by atoms with Crippen LogP contribution in [0.3, 0.4) is 0 Å². The van der Waals surface area contributed by atoms with Crippen molar-refractivity contribution in [3.05, 3.63) is 39.9 Å². The maximum absolute atomic E-state index is 11.0. The SMILES string of the molecule is CCC(C)(OCc1ccc([N+](=O)[O-])cc1)C(=O)O. The molecular weight excluding hydrogens is 238 g/mol. The van der Waals surface area contributed by atoms with Gasteiger partial charge in [-0.3, -0.25) is 10.1 Å². The minimum absolute atomic E-state index is 0.00441. The highest BCUT2D eigenvalue weighted by Crippen LogP contribution is 2.19. The van der Waals surface area contributed by atoms with Gasteiger partial charge < -0.3 is 9.84 Å². The lowest BCUT2D eigenvalue weighted by atomic mass is 10.0. The maximum Gasteiger partial charge on any atom is 0.335 e. The molecule has 6 nitrogen and oxygen atoms in total. The van der Waals surface area contributed by atoms with Crippen LogP contribution in [0.2, 0.25) is 0 Å². The Hall–Kier alpha value is -1.95. The van der Waals surface area contributed by atoms with Gasteiger partial charge in [-0.2, -0.15) is 0 Å². The minimum atomic E-state index is -1.23. The summed E-state index contributed by atoms with van der Waals surface area (Å²) in [5, 5.41) is 19.5. The Morgan fingerprint density at radius 1 is 1.44 bits per heavy atom. The summed E-state index contributed by atoms with van der Waals surface area (Å²) < 4.78 is 5.36. The maximum atomic E-state index is 11.0. The Labute approximate surface area is 104 Å². The average Bonchev–Trinajstić information content (AvgIpc) is 2.36. The van der Waals surface area contributed by atoms with Gasteiger partial charge in [-0.15, -0.1) is 0 Å². The van der Waals surface area contributed by atoms with E-state index < -0.39 is 16.5 Å². The third kappa shape index (κ3) is 3.27. The van der Waals surface area contributed by atoms with Gasteiger partial charge in [0, 0.05) is 12.1 Å². The zero-order chi connectivity index (χ0) is 13.8. The van der Waals surface area contributed by atoms with Crippen LogP contribution >= 0.6 is 0 Å². The standard InChI is InChI=1S/C12H15NO5/c1-3-12(2,11(14)15)18-8-9-4-6-10(7-5-9)13(16)17/h4-7H,3,8H2,1-2H3,(H,14,15). The van der Waals surface area contributed by atoms with E-state index in [2.05, 4.69) is 0 Å². The molecule has 18 heavy (non-hydrogen) atoms. The van der Waals surface area contributed by atoms with Crippen molar-refractivity contribution in [3.8, 4) is 0 Å².